The largest absolute Gasteiger partial charge is 0.362 e. The van der Waals surface area contributed by atoms with Gasteiger partial charge in [0, 0.05) is 11.6 Å². The first-order chi connectivity index (χ1) is 10.5. The molecule has 0 radical (unpaired) electrons. The summed E-state index contributed by atoms with van der Waals surface area (Å²) in [5.74, 6) is 1.09. The second-order valence-corrected chi connectivity index (χ2v) is 7.23. The van der Waals surface area contributed by atoms with Gasteiger partial charge < -0.3 is 9.84 Å². The van der Waals surface area contributed by atoms with Crippen LogP contribution in [0.4, 0.5) is 10.2 Å². The highest BCUT2D eigenvalue weighted by Crippen LogP contribution is 2.41. The van der Waals surface area contributed by atoms with Crippen molar-refractivity contribution in [3.8, 4) is 0 Å². The van der Waals surface area contributed by atoms with E-state index in [2.05, 4.69) is 29.2 Å². The summed E-state index contributed by atoms with van der Waals surface area (Å²) >= 11 is 0. The van der Waals surface area contributed by atoms with E-state index >= 15 is 0 Å². The quantitative estimate of drug-likeness (QED) is 0.898. The Balaban J connectivity index is 0.00000156. The molecular weight excluding hydrogens is 317 g/mol. The van der Waals surface area contributed by atoms with Gasteiger partial charge in [-0.3, -0.25) is 4.90 Å². The van der Waals surface area contributed by atoms with Crippen LogP contribution in [0, 0.1) is 18.7 Å². The van der Waals surface area contributed by atoms with Gasteiger partial charge in [-0.25, -0.2) is 4.39 Å². The SMILES string of the molecule is Cc1cc2onc(N[C@@H]3C4CCN(CC4)C3(C)C)c2cc1F.Cl. The molecule has 2 aromatic rings. The molecular formula is C17H23ClFN3O. The van der Waals surface area contributed by atoms with Gasteiger partial charge in [0.15, 0.2) is 11.4 Å². The minimum absolute atomic E-state index is 0. The predicted molar refractivity (Wildman–Crippen MR) is 91.7 cm³/mol. The summed E-state index contributed by atoms with van der Waals surface area (Å²) in [6.45, 7) is 8.64. The molecule has 3 aliphatic heterocycles. The molecule has 6 heteroatoms. The summed E-state index contributed by atoms with van der Waals surface area (Å²) in [6.07, 6.45) is 2.43. The van der Waals surface area contributed by atoms with Crippen LogP contribution in [0.15, 0.2) is 16.7 Å². The molecule has 3 saturated heterocycles. The molecule has 2 bridgehead atoms. The van der Waals surface area contributed by atoms with Crippen LogP contribution in [0.5, 0.6) is 0 Å². The van der Waals surface area contributed by atoms with Crippen LogP contribution in [0.25, 0.3) is 11.0 Å². The van der Waals surface area contributed by atoms with Crippen molar-refractivity contribution in [1.82, 2.24) is 10.1 Å². The predicted octanol–water partition coefficient (Wildman–Crippen LogP) is 3.98. The average Bonchev–Trinajstić information content (AvgIpc) is 2.86. The minimum atomic E-state index is -0.216. The highest BCUT2D eigenvalue weighted by atomic mass is 35.5. The zero-order valence-electron chi connectivity index (χ0n) is 13.7. The molecule has 0 amide bonds. The fraction of sp³-hybridized carbons (Fsp3) is 0.588. The number of nitrogens with one attached hydrogen (secondary N) is 1. The van der Waals surface area contributed by atoms with Crippen LogP contribution in [0.1, 0.15) is 32.3 Å². The smallest absolute Gasteiger partial charge is 0.177 e. The molecule has 126 valence electrons. The molecule has 0 aliphatic carbocycles. The van der Waals surface area contributed by atoms with Crippen molar-refractivity contribution in [1.29, 1.82) is 0 Å². The normalized spacial score (nSPS) is 28.6. The summed E-state index contributed by atoms with van der Waals surface area (Å²) in [6, 6.07) is 3.55. The number of hydrogen-bond acceptors (Lipinski definition) is 4. The Morgan fingerprint density at radius 3 is 2.65 bits per heavy atom. The molecule has 3 aliphatic rings. The van der Waals surface area contributed by atoms with Gasteiger partial charge in [0.05, 0.1) is 5.39 Å². The number of nitrogens with zero attached hydrogens (tertiary/aromatic N) is 2. The lowest BCUT2D eigenvalue weighted by molar-refractivity contribution is -0.0189. The van der Waals surface area contributed by atoms with Crippen LogP contribution in [-0.2, 0) is 0 Å². The number of piperidine rings is 3. The molecule has 0 unspecified atom stereocenters. The maximum absolute atomic E-state index is 13.9. The summed E-state index contributed by atoms with van der Waals surface area (Å²) in [4.78, 5) is 2.54. The van der Waals surface area contributed by atoms with Gasteiger partial charge in [0.1, 0.15) is 5.82 Å². The minimum Gasteiger partial charge on any atom is -0.362 e. The summed E-state index contributed by atoms with van der Waals surface area (Å²) in [5.41, 5.74) is 1.30. The van der Waals surface area contributed by atoms with Gasteiger partial charge >= 0.3 is 0 Å². The van der Waals surface area contributed by atoms with Crippen molar-refractivity contribution in [2.45, 2.75) is 45.2 Å². The zero-order valence-corrected chi connectivity index (χ0v) is 14.5. The third kappa shape index (κ3) is 2.50. The van der Waals surface area contributed by atoms with Crippen molar-refractivity contribution in [3.05, 3.63) is 23.5 Å². The molecule has 0 saturated carbocycles. The Bertz CT molecular complexity index is 722. The van der Waals surface area contributed by atoms with Gasteiger partial charge in [0.2, 0.25) is 0 Å². The van der Waals surface area contributed by atoms with Gasteiger partial charge in [0.25, 0.3) is 0 Å². The van der Waals surface area contributed by atoms with Gasteiger partial charge in [-0.05, 0) is 70.3 Å². The maximum Gasteiger partial charge on any atom is 0.177 e. The molecule has 1 aromatic heterocycles. The van der Waals surface area contributed by atoms with Crippen molar-refractivity contribution in [3.63, 3.8) is 0 Å². The van der Waals surface area contributed by atoms with E-state index < -0.39 is 0 Å². The zero-order chi connectivity index (χ0) is 15.5. The molecule has 23 heavy (non-hydrogen) atoms. The van der Waals surface area contributed by atoms with Crippen molar-refractivity contribution in [2.24, 2.45) is 5.92 Å². The third-order valence-electron chi connectivity index (χ3n) is 5.63. The third-order valence-corrected chi connectivity index (χ3v) is 5.63. The average molecular weight is 340 g/mol. The molecule has 5 rings (SSSR count). The molecule has 3 fully saturated rings. The van der Waals surface area contributed by atoms with Crippen LogP contribution in [0.2, 0.25) is 0 Å². The van der Waals surface area contributed by atoms with Crippen LogP contribution in [0.3, 0.4) is 0 Å². The second-order valence-electron chi connectivity index (χ2n) is 7.23. The number of aryl methyl sites for hydroxylation is 1. The lowest BCUT2D eigenvalue weighted by atomic mass is 9.72. The number of hydrogen-bond donors (Lipinski definition) is 1. The first-order valence-electron chi connectivity index (χ1n) is 8.04. The number of halogens is 2. The van der Waals surface area contributed by atoms with Crippen molar-refractivity contribution < 1.29 is 8.91 Å². The van der Waals surface area contributed by atoms with E-state index in [4.69, 9.17) is 4.52 Å². The Morgan fingerprint density at radius 1 is 1.30 bits per heavy atom. The number of anilines is 1. The van der Waals surface area contributed by atoms with Crippen LogP contribution < -0.4 is 5.32 Å². The number of benzene rings is 1. The van der Waals surface area contributed by atoms with Gasteiger partial charge in [-0.1, -0.05) is 5.16 Å². The van der Waals surface area contributed by atoms with E-state index in [9.17, 15) is 4.39 Å². The highest BCUT2D eigenvalue weighted by molar-refractivity contribution is 5.88. The monoisotopic (exact) mass is 339 g/mol. The Hall–Kier alpha value is -1.33. The standard InChI is InChI=1S/C17H22FN3O.ClH/c1-10-8-14-12(9-13(10)18)16(20-22-14)19-15-11-4-6-21(7-5-11)17(15,2)3;/h8-9,11,15H,4-7H2,1-3H3,(H,19,20);1H/t15-;/m1./s1. The fourth-order valence-electron chi connectivity index (χ4n) is 4.19. The van der Waals surface area contributed by atoms with E-state index in [1.807, 2.05) is 0 Å². The first-order valence-corrected chi connectivity index (χ1v) is 8.04. The van der Waals surface area contributed by atoms with Gasteiger partial charge in [-0.15, -0.1) is 12.4 Å². The van der Waals surface area contributed by atoms with Crippen LogP contribution >= 0.6 is 12.4 Å². The Labute approximate surface area is 141 Å². The fourth-order valence-corrected chi connectivity index (χ4v) is 4.19. The molecule has 0 spiro atoms. The van der Waals surface area contributed by atoms with Gasteiger partial charge in [-0.2, -0.15) is 0 Å². The number of rotatable bonds is 2. The first kappa shape index (κ1) is 16.5. The molecule has 4 nitrogen and oxygen atoms in total. The summed E-state index contributed by atoms with van der Waals surface area (Å²) in [7, 11) is 0. The summed E-state index contributed by atoms with van der Waals surface area (Å²) in [5, 5.41) is 8.44. The van der Waals surface area contributed by atoms with E-state index in [0.29, 0.717) is 28.9 Å². The van der Waals surface area contributed by atoms with Crippen molar-refractivity contribution in [2.75, 3.05) is 18.4 Å². The molecule has 1 atom stereocenters. The van der Waals surface area contributed by atoms with Crippen LogP contribution in [-0.4, -0.2) is 34.7 Å². The molecule has 1 N–H and O–H groups in total. The summed E-state index contributed by atoms with van der Waals surface area (Å²) < 4.78 is 19.3. The maximum atomic E-state index is 13.9. The lowest BCUT2D eigenvalue weighted by Gasteiger charge is -2.56. The Kier molecular flexibility index (Phi) is 4.05. The van der Waals surface area contributed by atoms with E-state index in [1.165, 1.54) is 32.0 Å². The molecule has 1 aromatic carbocycles. The van der Waals surface area contributed by atoms with E-state index in [1.54, 1.807) is 13.0 Å². The lowest BCUT2D eigenvalue weighted by Crippen LogP contribution is -2.66. The topological polar surface area (TPSA) is 41.3 Å². The highest BCUT2D eigenvalue weighted by Gasteiger charge is 2.47. The second kappa shape index (κ2) is 5.64. The van der Waals surface area contributed by atoms with E-state index in [-0.39, 0.29) is 23.8 Å². The van der Waals surface area contributed by atoms with E-state index in [0.717, 1.165) is 5.39 Å². The molecule has 4 heterocycles. The Morgan fingerprint density at radius 2 is 2.00 bits per heavy atom. The number of aromatic nitrogens is 1. The number of fused-ring (bicyclic) bond motifs is 4. The van der Waals surface area contributed by atoms with Crippen molar-refractivity contribution >= 4 is 29.2 Å².